The van der Waals surface area contributed by atoms with Crippen LogP contribution in [0.3, 0.4) is 0 Å². The van der Waals surface area contributed by atoms with Gasteiger partial charge in [0.05, 0.1) is 12.5 Å². The molecule has 10 N–H and O–H groups in total. The van der Waals surface area contributed by atoms with E-state index in [4.69, 9.17) is 33.4 Å². The van der Waals surface area contributed by atoms with Crippen LogP contribution in [0.2, 0.25) is 0 Å². The molecule has 0 heterocycles. The summed E-state index contributed by atoms with van der Waals surface area (Å²) >= 11 is 0. The zero-order valence-electron chi connectivity index (χ0n) is 10.4. The van der Waals surface area contributed by atoms with Crippen LogP contribution >= 0.6 is 0 Å². The third-order valence-corrected chi connectivity index (χ3v) is 3.31. The number of rotatable bonds is 5. The Balaban J connectivity index is 0.00000256. The van der Waals surface area contributed by atoms with Gasteiger partial charge in [0, 0.05) is 19.5 Å². The Morgan fingerprint density at radius 1 is 1.06 bits per heavy atom. The summed E-state index contributed by atoms with van der Waals surface area (Å²) < 4.78 is 5.34. The van der Waals surface area contributed by atoms with E-state index in [-0.39, 0.29) is 25.6 Å². The summed E-state index contributed by atoms with van der Waals surface area (Å²) in [6, 6.07) is 0. The van der Waals surface area contributed by atoms with Crippen molar-refractivity contribution in [3.05, 3.63) is 6.17 Å². The minimum absolute atomic E-state index is 0. The molecule has 7 heteroatoms. The zero-order chi connectivity index (χ0) is 12.2. The van der Waals surface area contributed by atoms with Crippen molar-refractivity contribution in [2.75, 3.05) is 13.2 Å². The van der Waals surface area contributed by atoms with Crippen LogP contribution in [0.25, 0.3) is 0 Å². The Kier molecular flexibility index (Phi) is 7.91. The van der Waals surface area contributed by atoms with Crippen molar-refractivity contribution in [1.82, 2.24) is 0 Å². The van der Waals surface area contributed by atoms with Crippen molar-refractivity contribution in [3.63, 3.8) is 0 Å². The first kappa shape index (κ1) is 17.4. The van der Waals surface area contributed by atoms with Gasteiger partial charge in [-0.05, 0) is 44.1 Å². The van der Waals surface area contributed by atoms with Gasteiger partial charge in [0.2, 0.25) is 0 Å². The normalized spacial score (nSPS) is 25.8. The molecule has 1 fully saturated rings. The van der Waals surface area contributed by atoms with Crippen molar-refractivity contribution in [2.45, 2.75) is 31.5 Å². The molecule has 0 aliphatic heterocycles. The molecule has 0 spiro atoms. The molecule has 0 radical (unpaired) electrons. The quantitative estimate of drug-likeness (QED) is 0.244. The monoisotopic (exact) mass is 294 g/mol. The van der Waals surface area contributed by atoms with Gasteiger partial charge in [0.25, 0.3) is 0 Å². The molecule has 0 amide bonds. The molecule has 0 atom stereocenters. The average Bonchev–Trinajstić information content (AvgIpc) is 2.27. The maximum Gasteiger partial charge on any atom is 0.0678 e. The summed E-state index contributed by atoms with van der Waals surface area (Å²) in [5, 5.41) is 0. The molecule has 1 aliphatic carbocycles. The maximum atomic E-state index is 5.62. The van der Waals surface area contributed by atoms with Crippen LogP contribution in [0.1, 0.15) is 25.7 Å². The predicted octanol–water partition coefficient (Wildman–Crippen LogP) is -1.26. The molecule has 0 aromatic heterocycles. The van der Waals surface area contributed by atoms with Crippen molar-refractivity contribution < 1.29 is 24.2 Å². The summed E-state index contributed by atoms with van der Waals surface area (Å²) in [4.78, 5) is 0. The van der Waals surface area contributed by atoms with E-state index in [0.717, 1.165) is 32.2 Å². The first-order chi connectivity index (χ1) is 7.45. The smallest absolute Gasteiger partial charge is 0.0678 e. The van der Waals surface area contributed by atoms with Gasteiger partial charge in [-0.25, -0.2) is 0 Å². The van der Waals surface area contributed by atoms with Crippen LogP contribution in [-0.4, -0.2) is 19.0 Å². The molecule has 1 saturated carbocycles. The molecule has 1 aliphatic rings. The summed E-state index contributed by atoms with van der Waals surface area (Å²) in [7, 11) is 0. The summed E-state index contributed by atoms with van der Waals surface area (Å²) in [6.07, 6.45) is 4.40. The molecule has 0 bridgehead atoms. The number of ether oxygens (including phenoxy) is 1. The Labute approximate surface area is 116 Å². The second kappa shape index (κ2) is 7.74. The van der Waals surface area contributed by atoms with Crippen molar-refractivity contribution in [2.24, 2.45) is 40.5 Å². The SMILES string of the molecule is NCC1CCC(COC(N)(N)[C-](N)N)CC1.[Zn]. The van der Waals surface area contributed by atoms with Gasteiger partial charge in [0.15, 0.2) is 0 Å². The molecule has 98 valence electrons. The molecule has 17 heavy (non-hydrogen) atoms. The summed E-state index contributed by atoms with van der Waals surface area (Å²) in [5.74, 6) is -0.374. The van der Waals surface area contributed by atoms with Gasteiger partial charge in [-0.3, -0.25) is 0 Å². The van der Waals surface area contributed by atoms with Gasteiger partial charge in [0.1, 0.15) is 0 Å². The summed E-state index contributed by atoms with van der Waals surface area (Å²) in [6.45, 7) is 1.27. The van der Waals surface area contributed by atoms with E-state index in [2.05, 4.69) is 0 Å². The van der Waals surface area contributed by atoms with Crippen LogP contribution in [0.4, 0.5) is 0 Å². The first-order valence-corrected chi connectivity index (χ1v) is 5.76. The van der Waals surface area contributed by atoms with E-state index in [1.165, 1.54) is 0 Å². The van der Waals surface area contributed by atoms with E-state index < -0.39 is 5.85 Å². The van der Waals surface area contributed by atoms with E-state index in [1.54, 1.807) is 0 Å². The molecule has 0 unspecified atom stereocenters. The minimum atomic E-state index is -1.51. The predicted molar refractivity (Wildman–Crippen MR) is 63.2 cm³/mol. The van der Waals surface area contributed by atoms with Crippen LogP contribution in [0, 0.1) is 18.0 Å². The van der Waals surface area contributed by atoms with E-state index in [0.29, 0.717) is 18.4 Å². The third kappa shape index (κ3) is 5.70. The average molecular weight is 296 g/mol. The Bertz CT molecular complexity index is 207. The van der Waals surface area contributed by atoms with Gasteiger partial charge < -0.3 is 33.4 Å². The minimum Gasteiger partial charge on any atom is -0.462 e. The van der Waals surface area contributed by atoms with Crippen molar-refractivity contribution >= 4 is 0 Å². The fourth-order valence-corrected chi connectivity index (χ4v) is 1.97. The van der Waals surface area contributed by atoms with Crippen molar-refractivity contribution in [3.8, 4) is 0 Å². The number of hydrogen-bond acceptors (Lipinski definition) is 6. The van der Waals surface area contributed by atoms with Gasteiger partial charge >= 0.3 is 0 Å². The fourth-order valence-electron chi connectivity index (χ4n) is 1.97. The topological polar surface area (TPSA) is 139 Å². The number of nitrogens with two attached hydrogens (primary N) is 5. The Morgan fingerprint density at radius 3 is 1.94 bits per heavy atom. The number of hydrogen-bond donors (Lipinski definition) is 5. The first-order valence-electron chi connectivity index (χ1n) is 5.76. The van der Waals surface area contributed by atoms with Crippen LogP contribution < -0.4 is 28.7 Å². The van der Waals surface area contributed by atoms with Crippen LogP contribution in [-0.2, 0) is 24.2 Å². The standard InChI is InChI=1S/C10H24N5O.Zn/c11-5-7-1-3-8(4-2-7)6-16-10(14,15)9(12)13;/h7-8H,1-6,11-15H2;/q-1;. The second-order valence-electron chi connectivity index (χ2n) is 4.68. The molecular formula is C10H24N5OZn-. The molecule has 1 rings (SSSR count). The third-order valence-electron chi connectivity index (χ3n) is 3.31. The molecule has 6 nitrogen and oxygen atoms in total. The maximum absolute atomic E-state index is 5.62. The molecule has 0 aromatic carbocycles. The van der Waals surface area contributed by atoms with E-state index >= 15 is 0 Å². The largest absolute Gasteiger partial charge is 0.462 e. The Morgan fingerprint density at radius 2 is 1.53 bits per heavy atom. The fraction of sp³-hybridized carbons (Fsp3) is 0.900. The van der Waals surface area contributed by atoms with Gasteiger partial charge in [-0.2, -0.15) is 0 Å². The van der Waals surface area contributed by atoms with Crippen LogP contribution in [0.15, 0.2) is 0 Å². The van der Waals surface area contributed by atoms with Crippen LogP contribution in [0.5, 0.6) is 0 Å². The van der Waals surface area contributed by atoms with Gasteiger partial charge in [-0.15, -0.1) is 6.17 Å². The van der Waals surface area contributed by atoms with Gasteiger partial charge in [-0.1, -0.05) is 0 Å². The Hall–Kier alpha value is 0.383. The van der Waals surface area contributed by atoms with E-state index in [9.17, 15) is 0 Å². The zero-order valence-corrected chi connectivity index (χ0v) is 13.4. The second-order valence-corrected chi connectivity index (χ2v) is 4.68. The van der Waals surface area contributed by atoms with E-state index in [1.807, 2.05) is 0 Å². The molecule has 0 aromatic rings. The van der Waals surface area contributed by atoms with Crippen molar-refractivity contribution in [1.29, 1.82) is 0 Å². The molecular weight excluding hydrogens is 272 g/mol. The molecule has 0 saturated heterocycles. The summed E-state index contributed by atoms with van der Waals surface area (Å²) in [5.41, 5.74) is 27.4.